The highest BCUT2D eigenvalue weighted by molar-refractivity contribution is 8.09. The number of rotatable bonds is 5. The van der Waals surface area contributed by atoms with E-state index in [1.165, 1.54) is 17.8 Å². The number of pyridine rings is 1. The number of hydrogen-bond acceptors (Lipinski definition) is 4. The molecule has 7 heteroatoms. The Hall–Kier alpha value is -3.32. The minimum atomic E-state index is -0.339. The van der Waals surface area contributed by atoms with Gasteiger partial charge in [0.2, 0.25) is 0 Å². The van der Waals surface area contributed by atoms with Gasteiger partial charge in [0.05, 0.1) is 11.4 Å². The van der Waals surface area contributed by atoms with Gasteiger partial charge in [-0.15, -0.1) is 0 Å². The predicted octanol–water partition coefficient (Wildman–Crippen LogP) is 5.01. The maximum atomic E-state index is 14.6. The molecule has 3 heterocycles. The van der Waals surface area contributed by atoms with Crippen LogP contribution in [0.3, 0.4) is 0 Å². The molecule has 35 heavy (non-hydrogen) atoms. The van der Waals surface area contributed by atoms with E-state index in [0.29, 0.717) is 34.8 Å². The van der Waals surface area contributed by atoms with Crippen molar-refractivity contribution >= 4 is 22.6 Å². The number of amides is 1. The largest absolute Gasteiger partial charge is 0.368 e. The van der Waals surface area contributed by atoms with E-state index < -0.39 is 0 Å². The zero-order chi connectivity index (χ0) is 24.5. The SMILES string of the molecule is Cc1ccccc1-c1cccn(C[C@@H]2CCCN2C(=O)C2=C(c3ccccc3F)SC(C)N2)c1=O. The van der Waals surface area contributed by atoms with Crippen molar-refractivity contribution in [3.63, 3.8) is 0 Å². The first-order valence-electron chi connectivity index (χ1n) is 11.9. The lowest BCUT2D eigenvalue weighted by Crippen LogP contribution is -2.43. The number of halogens is 1. The minimum absolute atomic E-state index is 0.0296. The Balaban J connectivity index is 1.44. The fraction of sp³-hybridized carbons (Fsp3) is 0.286. The Labute approximate surface area is 208 Å². The van der Waals surface area contributed by atoms with Crippen LogP contribution in [0.4, 0.5) is 4.39 Å². The number of nitrogens with one attached hydrogen (secondary N) is 1. The third-order valence-corrected chi connectivity index (χ3v) is 7.83. The predicted molar refractivity (Wildman–Crippen MR) is 139 cm³/mol. The van der Waals surface area contributed by atoms with Crippen molar-refractivity contribution in [1.29, 1.82) is 0 Å². The first kappa shape index (κ1) is 23.4. The molecule has 0 bridgehead atoms. The first-order valence-corrected chi connectivity index (χ1v) is 12.8. The van der Waals surface area contributed by atoms with Gasteiger partial charge in [0.25, 0.3) is 11.5 Å². The summed E-state index contributed by atoms with van der Waals surface area (Å²) >= 11 is 1.46. The van der Waals surface area contributed by atoms with Crippen molar-refractivity contribution in [2.24, 2.45) is 0 Å². The summed E-state index contributed by atoms with van der Waals surface area (Å²) in [4.78, 5) is 29.5. The van der Waals surface area contributed by atoms with Crippen LogP contribution in [0.25, 0.3) is 16.0 Å². The summed E-state index contributed by atoms with van der Waals surface area (Å²) in [6.45, 7) is 5.00. The molecular weight excluding hydrogens is 461 g/mol. The summed E-state index contributed by atoms with van der Waals surface area (Å²) in [6.07, 6.45) is 3.48. The number of nitrogens with zero attached hydrogens (tertiary/aromatic N) is 2. The smallest absolute Gasteiger partial charge is 0.271 e. The Morgan fingerprint density at radius 1 is 1.06 bits per heavy atom. The molecule has 2 atom stereocenters. The van der Waals surface area contributed by atoms with E-state index in [0.717, 1.165) is 24.0 Å². The topological polar surface area (TPSA) is 54.3 Å². The summed E-state index contributed by atoms with van der Waals surface area (Å²) < 4.78 is 16.3. The molecule has 1 amide bonds. The van der Waals surface area contributed by atoms with Crippen LogP contribution in [0.15, 0.2) is 77.4 Å². The third kappa shape index (κ3) is 4.52. The van der Waals surface area contributed by atoms with Gasteiger partial charge in [-0.25, -0.2) is 4.39 Å². The zero-order valence-corrected chi connectivity index (χ0v) is 20.6. The van der Waals surface area contributed by atoms with E-state index in [1.807, 2.05) is 55.1 Å². The van der Waals surface area contributed by atoms with Crippen LogP contribution in [0.5, 0.6) is 0 Å². The average Bonchev–Trinajstić information content (AvgIpc) is 3.47. The molecule has 1 saturated heterocycles. The number of likely N-dealkylation sites (tertiary alicyclic amines) is 1. The van der Waals surface area contributed by atoms with Gasteiger partial charge in [-0.3, -0.25) is 9.59 Å². The van der Waals surface area contributed by atoms with Gasteiger partial charge in [-0.05, 0) is 56.0 Å². The molecular formula is C28H28FN3O2S. The Morgan fingerprint density at radius 3 is 2.54 bits per heavy atom. The maximum absolute atomic E-state index is 14.6. The van der Waals surface area contributed by atoms with Crippen molar-refractivity contribution in [2.75, 3.05) is 6.54 Å². The summed E-state index contributed by atoms with van der Waals surface area (Å²) in [7, 11) is 0. The van der Waals surface area contributed by atoms with Crippen LogP contribution in [0.1, 0.15) is 30.9 Å². The molecule has 0 radical (unpaired) electrons. The van der Waals surface area contributed by atoms with Crippen molar-refractivity contribution in [1.82, 2.24) is 14.8 Å². The van der Waals surface area contributed by atoms with Crippen molar-refractivity contribution in [3.05, 3.63) is 99.9 Å². The lowest BCUT2D eigenvalue weighted by molar-refractivity contribution is -0.128. The van der Waals surface area contributed by atoms with Gasteiger partial charge in [0.15, 0.2) is 0 Å². The second-order valence-electron chi connectivity index (χ2n) is 9.08. The second-order valence-corrected chi connectivity index (χ2v) is 10.4. The number of thioether (sulfide) groups is 1. The fourth-order valence-electron chi connectivity index (χ4n) is 4.96. The molecule has 0 spiro atoms. The van der Waals surface area contributed by atoms with Gasteiger partial charge in [0.1, 0.15) is 11.5 Å². The van der Waals surface area contributed by atoms with Crippen molar-refractivity contribution in [3.8, 4) is 11.1 Å². The molecule has 0 saturated carbocycles. The number of carbonyl (C=O) groups excluding carboxylic acids is 1. The Bertz CT molecular complexity index is 1370. The van der Waals surface area contributed by atoms with Gasteiger partial charge in [-0.2, -0.15) is 0 Å². The van der Waals surface area contributed by atoms with Gasteiger partial charge >= 0.3 is 0 Å². The number of hydrogen-bond donors (Lipinski definition) is 1. The number of benzene rings is 2. The number of aromatic nitrogens is 1. The van der Waals surface area contributed by atoms with Gasteiger partial charge in [0, 0.05) is 35.3 Å². The normalized spacial score (nSPS) is 19.8. The van der Waals surface area contributed by atoms with Crippen molar-refractivity contribution in [2.45, 2.75) is 44.6 Å². The van der Waals surface area contributed by atoms with Crippen LogP contribution in [-0.4, -0.2) is 33.3 Å². The van der Waals surface area contributed by atoms with E-state index >= 15 is 0 Å². The van der Waals surface area contributed by atoms with E-state index in [9.17, 15) is 14.0 Å². The van der Waals surface area contributed by atoms with Crippen LogP contribution in [0.2, 0.25) is 0 Å². The highest BCUT2D eigenvalue weighted by Crippen LogP contribution is 2.40. The Morgan fingerprint density at radius 2 is 1.77 bits per heavy atom. The van der Waals surface area contributed by atoms with E-state index in [4.69, 9.17) is 0 Å². The fourth-order valence-corrected chi connectivity index (χ4v) is 6.05. The van der Waals surface area contributed by atoms with Crippen LogP contribution < -0.4 is 10.9 Å². The Kier molecular flexibility index (Phi) is 6.52. The summed E-state index contributed by atoms with van der Waals surface area (Å²) in [5.74, 6) is -0.473. The summed E-state index contributed by atoms with van der Waals surface area (Å²) in [5, 5.41) is 3.23. The molecule has 5 rings (SSSR count). The lowest BCUT2D eigenvalue weighted by Gasteiger charge is -2.26. The first-order chi connectivity index (χ1) is 16.9. The molecule has 2 aliphatic rings. The standard InChI is InChI=1S/C28H28FN3O2S/c1-18-9-3-4-11-21(18)22-13-8-15-31(27(22)33)17-20-10-7-16-32(20)28(34)25-26(35-19(2)30-25)23-12-5-6-14-24(23)29/h3-6,8-9,11-15,19-20,30H,7,10,16-17H2,1-2H3/t19?,20-/m0/s1. The highest BCUT2D eigenvalue weighted by atomic mass is 32.2. The molecule has 180 valence electrons. The maximum Gasteiger partial charge on any atom is 0.271 e. The van der Waals surface area contributed by atoms with Crippen LogP contribution >= 0.6 is 11.8 Å². The quantitative estimate of drug-likeness (QED) is 0.548. The summed E-state index contributed by atoms with van der Waals surface area (Å²) in [6, 6.07) is 18.0. The van der Waals surface area contributed by atoms with E-state index in [-0.39, 0.29) is 28.7 Å². The van der Waals surface area contributed by atoms with Crippen LogP contribution in [0, 0.1) is 12.7 Å². The van der Waals surface area contributed by atoms with E-state index in [1.54, 1.807) is 29.0 Å². The number of carbonyl (C=O) groups is 1. The second kappa shape index (κ2) is 9.74. The molecule has 3 aromatic rings. The molecule has 2 aliphatic heterocycles. The van der Waals surface area contributed by atoms with Crippen molar-refractivity contribution < 1.29 is 9.18 Å². The van der Waals surface area contributed by atoms with Gasteiger partial charge < -0.3 is 14.8 Å². The summed E-state index contributed by atoms with van der Waals surface area (Å²) in [5.41, 5.74) is 3.46. The molecule has 1 N–H and O–H groups in total. The molecule has 0 aliphatic carbocycles. The minimum Gasteiger partial charge on any atom is -0.368 e. The molecule has 1 fully saturated rings. The molecule has 1 unspecified atom stereocenters. The average molecular weight is 490 g/mol. The van der Waals surface area contributed by atoms with Crippen LogP contribution in [-0.2, 0) is 11.3 Å². The zero-order valence-electron chi connectivity index (χ0n) is 19.8. The molecule has 1 aromatic heterocycles. The lowest BCUT2D eigenvalue weighted by atomic mass is 10.0. The monoisotopic (exact) mass is 489 g/mol. The van der Waals surface area contributed by atoms with E-state index in [2.05, 4.69) is 5.32 Å². The molecule has 5 nitrogen and oxygen atoms in total. The number of aryl methyl sites for hydroxylation is 1. The highest BCUT2D eigenvalue weighted by Gasteiger charge is 2.36. The third-order valence-electron chi connectivity index (χ3n) is 6.70. The molecule has 2 aromatic carbocycles. The van der Waals surface area contributed by atoms with Gasteiger partial charge in [-0.1, -0.05) is 54.2 Å².